The smallest absolute Gasteiger partial charge is 0.0228 e. The Balaban J connectivity index is 2.28. The molecule has 0 aliphatic carbocycles. The molecule has 1 heterocycles. The predicted molar refractivity (Wildman–Crippen MR) is 60.3 cm³/mol. The Hall–Kier alpha value is -0.760. The van der Waals surface area contributed by atoms with Gasteiger partial charge in [-0.05, 0) is 17.2 Å². The Morgan fingerprint density at radius 2 is 1.69 bits per heavy atom. The van der Waals surface area contributed by atoms with Gasteiger partial charge in [-0.25, -0.2) is 0 Å². The molecule has 1 aromatic heterocycles. The van der Waals surface area contributed by atoms with Crippen molar-refractivity contribution >= 4 is 26.7 Å². The molecular formula is C11H12BrN. The molecule has 0 aliphatic heterocycles. The molecule has 0 saturated carbocycles. The second kappa shape index (κ2) is 3.97. The van der Waals surface area contributed by atoms with Crippen molar-refractivity contribution < 1.29 is 0 Å². The van der Waals surface area contributed by atoms with E-state index >= 15 is 0 Å². The van der Waals surface area contributed by atoms with E-state index in [9.17, 15) is 0 Å². The maximum atomic E-state index is 3.44. The van der Waals surface area contributed by atoms with Gasteiger partial charge in [0.2, 0.25) is 0 Å². The maximum Gasteiger partial charge on any atom is 0.0228 e. The number of aryl methyl sites for hydroxylation is 1. The van der Waals surface area contributed by atoms with Gasteiger partial charge in [0.1, 0.15) is 0 Å². The highest BCUT2D eigenvalue weighted by Gasteiger charge is 1.95. The van der Waals surface area contributed by atoms with Crippen LogP contribution in [0.25, 0.3) is 10.8 Å². The first-order chi connectivity index (χ1) is 6.40. The van der Waals surface area contributed by atoms with Gasteiger partial charge in [-0.15, -0.1) is 0 Å². The average Bonchev–Trinajstić information content (AvgIpc) is 2.57. The first kappa shape index (κ1) is 8.82. The summed E-state index contributed by atoms with van der Waals surface area (Å²) in [5.41, 5.74) is 0. The number of benzene rings is 1. The normalized spacial score (nSPS) is 10.8. The van der Waals surface area contributed by atoms with Crippen LogP contribution in [0.3, 0.4) is 0 Å². The zero-order valence-electron chi connectivity index (χ0n) is 7.41. The molecule has 0 saturated heterocycles. The third kappa shape index (κ3) is 1.94. The number of rotatable bonds is 3. The molecule has 0 radical (unpaired) electrons. The summed E-state index contributed by atoms with van der Waals surface area (Å²) in [5, 5.41) is 3.73. The van der Waals surface area contributed by atoms with E-state index in [0.29, 0.717) is 0 Å². The van der Waals surface area contributed by atoms with E-state index in [1.165, 1.54) is 17.2 Å². The van der Waals surface area contributed by atoms with Crippen LogP contribution in [-0.4, -0.2) is 9.90 Å². The maximum absolute atomic E-state index is 3.44. The Bertz CT molecular complexity index is 359. The molecule has 13 heavy (non-hydrogen) atoms. The van der Waals surface area contributed by atoms with E-state index in [-0.39, 0.29) is 0 Å². The second-order valence-corrected chi connectivity index (χ2v) is 3.96. The highest BCUT2D eigenvalue weighted by atomic mass is 79.9. The quantitative estimate of drug-likeness (QED) is 0.722. The minimum absolute atomic E-state index is 1.07. The number of fused-ring (bicyclic) bond motifs is 1. The van der Waals surface area contributed by atoms with E-state index in [1.807, 2.05) is 0 Å². The molecule has 2 heteroatoms. The lowest BCUT2D eigenvalue weighted by Crippen LogP contribution is -1.93. The van der Waals surface area contributed by atoms with Gasteiger partial charge in [0.15, 0.2) is 0 Å². The predicted octanol–water partition coefficient (Wildman–Crippen LogP) is 3.43. The van der Waals surface area contributed by atoms with Crippen LogP contribution in [0.2, 0.25) is 0 Å². The van der Waals surface area contributed by atoms with Gasteiger partial charge >= 0.3 is 0 Å². The van der Waals surface area contributed by atoms with Crippen molar-refractivity contribution in [3.8, 4) is 0 Å². The monoisotopic (exact) mass is 237 g/mol. The molecule has 68 valence electrons. The number of nitrogens with zero attached hydrogens (tertiary/aromatic N) is 1. The Kier molecular flexibility index (Phi) is 2.69. The van der Waals surface area contributed by atoms with Crippen molar-refractivity contribution in [2.75, 3.05) is 5.33 Å². The Morgan fingerprint density at radius 3 is 2.23 bits per heavy atom. The number of halogens is 1. The molecule has 0 unspecified atom stereocenters. The van der Waals surface area contributed by atoms with E-state index in [0.717, 1.165) is 11.9 Å². The topological polar surface area (TPSA) is 4.93 Å². The van der Waals surface area contributed by atoms with Crippen LogP contribution in [0.1, 0.15) is 6.42 Å². The van der Waals surface area contributed by atoms with Crippen molar-refractivity contribution in [3.05, 3.63) is 36.7 Å². The molecule has 2 rings (SSSR count). The van der Waals surface area contributed by atoms with Crippen LogP contribution in [0.4, 0.5) is 0 Å². The van der Waals surface area contributed by atoms with Gasteiger partial charge in [0.05, 0.1) is 0 Å². The first-order valence-corrected chi connectivity index (χ1v) is 5.63. The SMILES string of the molecule is BrCCCn1cc2ccccc2c1. The molecule has 0 aliphatic rings. The summed E-state index contributed by atoms with van der Waals surface area (Å²) in [4.78, 5) is 0. The molecule has 0 spiro atoms. The van der Waals surface area contributed by atoms with Crippen LogP contribution >= 0.6 is 15.9 Å². The van der Waals surface area contributed by atoms with Crippen molar-refractivity contribution in [2.45, 2.75) is 13.0 Å². The average molecular weight is 238 g/mol. The summed E-state index contributed by atoms with van der Waals surface area (Å²) in [6.45, 7) is 1.10. The summed E-state index contributed by atoms with van der Waals surface area (Å²) in [6, 6.07) is 8.47. The molecule has 1 nitrogen and oxygen atoms in total. The highest BCUT2D eigenvalue weighted by Crippen LogP contribution is 2.14. The fourth-order valence-electron chi connectivity index (χ4n) is 1.51. The van der Waals surface area contributed by atoms with E-state index < -0.39 is 0 Å². The van der Waals surface area contributed by atoms with Crippen molar-refractivity contribution in [1.29, 1.82) is 0 Å². The fraction of sp³-hybridized carbons (Fsp3) is 0.273. The van der Waals surface area contributed by atoms with Crippen LogP contribution in [0, 0.1) is 0 Å². The lowest BCUT2D eigenvalue weighted by molar-refractivity contribution is 0.693. The highest BCUT2D eigenvalue weighted by molar-refractivity contribution is 9.09. The lowest BCUT2D eigenvalue weighted by atomic mass is 10.2. The first-order valence-electron chi connectivity index (χ1n) is 4.50. The summed E-state index contributed by atoms with van der Waals surface area (Å²) < 4.78 is 2.26. The number of hydrogen-bond donors (Lipinski definition) is 0. The number of aromatic nitrogens is 1. The van der Waals surface area contributed by atoms with Crippen LogP contribution in [0.5, 0.6) is 0 Å². The van der Waals surface area contributed by atoms with Gasteiger partial charge < -0.3 is 4.57 Å². The van der Waals surface area contributed by atoms with Gasteiger partial charge in [-0.2, -0.15) is 0 Å². The van der Waals surface area contributed by atoms with Gasteiger partial charge in [0.25, 0.3) is 0 Å². The summed E-state index contributed by atoms with van der Waals surface area (Å²) in [5.74, 6) is 0. The minimum Gasteiger partial charge on any atom is -0.353 e. The largest absolute Gasteiger partial charge is 0.353 e. The van der Waals surface area contributed by atoms with Gasteiger partial charge in [-0.3, -0.25) is 0 Å². The lowest BCUT2D eigenvalue weighted by Gasteiger charge is -1.97. The Morgan fingerprint density at radius 1 is 1.08 bits per heavy atom. The van der Waals surface area contributed by atoms with Crippen LogP contribution in [0.15, 0.2) is 36.7 Å². The molecule has 0 atom stereocenters. The standard InChI is InChI=1S/C11H12BrN/c12-6-3-7-13-8-10-4-1-2-5-11(10)9-13/h1-2,4-5,8-9H,3,6-7H2. The third-order valence-corrected chi connectivity index (χ3v) is 2.72. The zero-order valence-corrected chi connectivity index (χ0v) is 9.00. The molecule has 2 aromatic rings. The van der Waals surface area contributed by atoms with E-state index in [1.54, 1.807) is 0 Å². The molecule has 1 aromatic carbocycles. The molecule has 0 bridgehead atoms. The van der Waals surface area contributed by atoms with Crippen molar-refractivity contribution in [2.24, 2.45) is 0 Å². The molecule has 0 fully saturated rings. The molecule has 0 N–H and O–H groups in total. The number of hydrogen-bond acceptors (Lipinski definition) is 0. The van der Waals surface area contributed by atoms with Crippen molar-refractivity contribution in [3.63, 3.8) is 0 Å². The van der Waals surface area contributed by atoms with E-state index in [2.05, 4.69) is 57.2 Å². The van der Waals surface area contributed by atoms with E-state index in [4.69, 9.17) is 0 Å². The van der Waals surface area contributed by atoms with Gasteiger partial charge in [0, 0.05) is 24.3 Å². The second-order valence-electron chi connectivity index (χ2n) is 3.17. The van der Waals surface area contributed by atoms with Gasteiger partial charge in [-0.1, -0.05) is 40.2 Å². The molecule has 0 amide bonds. The summed E-state index contributed by atoms with van der Waals surface area (Å²) >= 11 is 3.44. The number of alkyl halides is 1. The Labute approximate surface area is 86.5 Å². The molecular weight excluding hydrogens is 226 g/mol. The van der Waals surface area contributed by atoms with Crippen molar-refractivity contribution in [1.82, 2.24) is 4.57 Å². The van der Waals surface area contributed by atoms with Crippen LogP contribution in [-0.2, 0) is 6.54 Å². The summed E-state index contributed by atoms with van der Waals surface area (Å²) in [6.07, 6.45) is 5.59. The minimum atomic E-state index is 1.07. The summed E-state index contributed by atoms with van der Waals surface area (Å²) in [7, 11) is 0. The van der Waals surface area contributed by atoms with Crippen LogP contribution < -0.4 is 0 Å². The third-order valence-electron chi connectivity index (χ3n) is 2.16. The fourth-order valence-corrected chi connectivity index (χ4v) is 1.76. The zero-order chi connectivity index (χ0) is 9.10.